The molecule has 0 amide bonds. The van der Waals surface area contributed by atoms with Crippen LogP contribution in [0.1, 0.15) is 94.2 Å². The standard InChI is InChI=1S/C13H24.C10H14/c1-3-7-12(8-4-1)11-13-9-5-2-6-10-13;1-4-10-6-5-8(2)7-9(10)3/h12-13H,1-11H2;5-7H,4H2,1-3H3. The van der Waals surface area contributed by atoms with Crippen molar-refractivity contribution in [2.75, 3.05) is 0 Å². The quantitative estimate of drug-likeness (QED) is 0.545. The van der Waals surface area contributed by atoms with Gasteiger partial charge in [0, 0.05) is 0 Å². The fourth-order valence-electron chi connectivity index (χ4n) is 4.56. The van der Waals surface area contributed by atoms with Crippen LogP contribution in [0.15, 0.2) is 18.2 Å². The van der Waals surface area contributed by atoms with Gasteiger partial charge in [0.1, 0.15) is 0 Å². The van der Waals surface area contributed by atoms with Crippen LogP contribution in [0.25, 0.3) is 0 Å². The molecule has 2 aliphatic rings. The highest BCUT2D eigenvalue weighted by Gasteiger charge is 2.20. The van der Waals surface area contributed by atoms with Crippen LogP contribution in [0.3, 0.4) is 0 Å². The number of rotatable bonds is 3. The minimum absolute atomic E-state index is 1.12. The van der Waals surface area contributed by atoms with Crippen molar-refractivity contribution in [3.63, 3.8) is 0 Å². The molecule has 3 rings (SSSR count). The Morgan fingerprint density at radius 2 is 1.30 bits per heavy atom. The Hall–Kier alpha value is -0.780. The van der Waals surface area contributed by atoms with Crippen LogP contribution < -0.4 is 0 Å². The van der Waals surface area contributed by atoms with Crippen molar-refractivity contribution in [3.05, 3.63) is 34.9 Å². The molecule has 1 aromatic carbocycles. The van der Waals surface area contributed by atoms with E-state index in [2.05, 4.69) is 39.0 Å². The molecule has 1 aromatic rings. The van der Waals surface area contributed by atoms with E-state index in [9.17, 15) is 0 Å². The average molecular weight is 315 g/mol. The molecule has 0 aliphatic heterocycles. The fourth-order valence-corrected chi connectivity index (χ4v) is 4.56. The van der Waals surface area contributed by atoms with Crippen molar-refractivity contribution in [2.45, 2.75) is 97.8 Å². The predicted molar refractivity (Wildman–Crippen MR) is 103 cm³/mol. The summed E-state index contributed by atoms with van der Waals surface area (Å²) >= 11 is 0. The lowest BCUT2D eigenvalue weighted by Gasteiger charge is -2.28. The molecule has 0 unspecified atom stereocenters. The zero-order valence-corrected chi connectivity index (χ0v) is 15.9. The first kappa shape index (κ1) is 18.6. The molecule has 0 saturated heterocycles. The first-order valence-corrected chi connectivity index (χ1v) is 10.2. The van der Waals surface area contributed by atoms with Gasteiger partial charge in [-0.25, -0.2) is 0 Å². The molecule has 0 nitrogen and oxygen atoms in total. The van der Waals surface area contributed by atoms with E-state index < -0.39 is 0 Å². The molecule has 2 fully saturated rings. The van der Waals surface area contributed by atoms with E-state index in [0.29, 0.717) is 0 Å². The summed E-state index contributed by atoms with van der Waals surface area (Å²) in [7, 11) is 0. The summed E-state index contributed by atoms with van der Waals surface area (Å²) in [5.41, 5.74) is 4.24. The number of hydrogen-bond acceptors (Lipinski definition) is 0. The molecule has 0 heterocycles. The van der Waals surface area contributed by atoms with Gasteiger partial charge in [0.05, 0.1) is 0 Å². The van der Waals surface area contributed by atoms with Crippen molar-refractivity contribution >= 4 is 0 Å². The molecule has 0 spiro atoms. The van der Waals surface area contributed by atoms with Gasteiger partial charge in [-0.15, -0.1) is 0 Å². The van der Waals surface area contributed by atoms with E-state index in [-0.39, 0.29) is 0 Å². The summed E-state index contributed by atoms with van der Waals surface area (Å²) in [5, 5.41) is 0. The monoisotopic (exact) mass is 314 g/mol. The van der Waals surface area contributed by atoms with Gasteiger partial charge in [-0.1, -0.05) is 94.9 Å². The predicted octanol–water partition coefficient (Wildman–Crippen LogP) is 7.40. The highest BCUT2D eigenvalue weighted by atomic mass is 14.3. The third-order valence-corrected chi connectivity index (χ3v) is 6.00. The minimum Gasteiger partial charge on any atom is -0.0613 e. The van der Waals surface area contributed by atoms with Gasteiger partial charge in [-0.05, 0) is 49.7 Å². The Kier molecular flexibility index (Phi) is 8.20. The average Bonchev–Trinajstić information content (AvgIpc) is 2.57. The first-order valence-electron chi connectivity index (χ1n) is 10.2. The maximum atomic E-state index is 2.23. The largest absolute Gasteiger partial charge is 0.0613 e. The highest BCUT2D eigenvalue weighted by molar-refractivity contribution is 5.30. The molecule has 0 atom stereocenters. The SMILES string of the molecule is C1CCC(CC2CCCCC2)CC1.CCc1ccc(C)cc1C. The number of benzene rings is 1. The molecule has 2 saturated carbocycles. The van der Waals surface area contributed by atoms with Gasteiger partial charge in [0.15, 0.2) is 0 Å². The lowest BCUT2D eigenvalue weighted by molar-refractivity contribution is 0.244. The topological polar surface area (TPSA) is 0 Å². The van der Waals surface area contributed by atoms with E-state index in [1.807, 2.05) is 0 Å². The summed E-state index contributed by atoms with van der Waals surface area (Å²) in [4.78, 5) is 0. The van der Waals surface area contributed by atoms with Crippen LogP contribution in [0.5, 0.6) is 0 Å². The van der Waals surface area contributed by atoms with Gasteiger partial charge < -0.3 is 0 Å². The number of hydrogen-bond donors (Lipinski definition) is 0. The summed E-state index contributed by atoms with van der Waals surface area (Å²) in [6.45, 7) is 6.50. The molecular weight excluding hydrogens is 276 g/mol. The molecule has 0 aromatic heterocycles. The minimum atomic E-state index is 1.12. The van der Waals surface area contributed by atoms with Gasteiger partial charge in [0.2, 0.25) is 0 Å². The van der Waals surface area contributed by atoms with E-state index in [1.54, 1.807) is 32.1 Å². The fraction of sp³-hybridized carbons (Fsp3) is 0.739. The maximum Gasteiger partial charge on any atom is -0.0305 e. The Balaban J connectivity index is 0.000000174. The van der Waals surface area contributed by atoms with Gasteiger partial charge in [-0.2, -0.15) is 0 Å². The van der Waals surface area contributed by atoms with Crippen molar-refractivity contribution in [1.82, 2.24) is 0 Å². The zero-order valence-electron chi connectivity index (χ0n) is 15.9. The molecular formula is C23H38. The molecule has 0 radical (unpaired) electrons. The lowest BCUT2D eigenvalue weighted by atomic mass is 9.78. The van der Waals surface area contributed by atoms with Crippen LogP contribution in [0.2, 0.25) is 0 Å². The van der Waals surface area contributed by atoms with Crippen molar-refractivity contribution in [2.24, 2.45) is 11.8 Å². The summed E-state index contributed by atoms with van der Waals surface area (Å²) in [6.07, 6.45) is 18.1. The summed E-state index contributed by atoms with van der Waals surface area (Å²) in [5.74, 6) is 2.24. The van der Waals surface area contributed by atoms with Gasteiger partial charge >= 0.3 is 0 Å². The maximum absolute atomic E-state index is 2.23. The van der Waals surface area contributed by atoms with Crippen LogP contribution >= 0.6 is 0 Å². The normalized spacial score (nSPS) is 20.0. The van der Waals surface area contributed by atoms with Gasteiger partial charge in [-0.3, -0.25) is 0 Å². The van der Waals surface area contributed by atoms with Crippen LogP contribution in [-0.4, -0.2) is 0 Å². The Morgan fingerprint density at radius 3 is 1.74 bits per heavy atom. The molecule has 0 N–H and O–H groups in total. The van der Waals surface area contributed by atoms with Crippen LogP contribution in [0.4, 0.5) is 0 Å². The zero-order chi connectivity index (χ0) is 16.5. The molecule has 0 bridgehead atoms. The van der Waals surface area contributed by atoms with E-state index in [4.69, 9.17) is 0 Å². The van der Waals surface area contributed by atoms with E-state index >= 15 is 0 Å². The van der Waals surface area contributed by atoms with Crippen molar-refractivity contribution < 1.29 is 0 Å². The number of aryl methyl sites for hydroxylation is 3. The molecule has 2 aliphatic carbocycles. The smallest absolute Gasteiger partial charge is 0.0305 e. The van der Waals surface area contributed by atoms with Crippen molar-refractivity contribution in [1.29, 1.82) is 0 Å². The van der Waals surface area contributed by atoms with Crippen LogP contribution in [-0.2, 0) is 6.42 Å². The molecule has 0 heteroatoms. The Bertz CT molecular complexity index is 417. The van der Waals surface area contributed by atoms with E-state index in [0.717, 1.165) is 18.3 Å². The third kappa shape index (κ3) is 6.69. The summed E-state index contributed by atoms with van der Waals surface area (Å²) < 4.78 is 0. The summed E-state index contributed by atoms with van der Waals surface area (Å²) in [6, 6.07) is 6.62. The second-order valence-corrected chi connectivity index (χ2v) is 8.03. The van der Waals surface area contributed by atoms with Crippen molar-refractivity contribution in [3.8, 4) is 0 Å². The third-order valence-electron chi connectivity index (χ3n) is 6.00. The van der Waals surface area contributed by atoms with E-state index in [1.165, 1.54) is 55.2 Å². The molecule has 130 valence electrons. The lowest BCUT2D eigenvalue weighted by Crippen LogP contribution is -2.14. The van der Waals surface area contributed by atoms with Crippen LogP contribution in [0, 0.1) is 25.7 Å². The second kappa shape index (κ2) is 10.2. The Morgan fingerprint density at radius 1 is 0.783 bits per heavy atom. The first-order chi connectivity index (χ1) is 11.2. The Labute approximate surface area is 145 Å². The highest BCUT2D eigenvalue weighted by Crippen LogP contribution is 2.34. The van der Waals surface area contributed by atoms with Gasteiger partial charge in [0.25, 0.3) is 0 Å². The molecule has 23 heavy (non-hydrogen) atoms. The second-order valence-electron chi connectivity index (χ2n) is 8.03.